The first-order valence-corrected chi connectivity index (χ1v) is 14.7. The lowest BCUT2D eigenvalue weighted by atomic mass is 9.82. The molecule has 0 aliphatic carbocycles. The second-order valence-electron chi connectivity index (χ2n) is 10.7. The SMILES string of the molecule is C[n+]1ccc(-[n+]2c(-c3ccccc3)c(-c3ccccc3)c(-c3ccccc3)c(-c3ccccc3)c2-c2ccccc2)cc1. The molecule has 0 atom stereocenters. The van der Waals surface area contributed by atoms with Crippen LogP contribution in [0.2, 0.25) is 0 Å². The van der Waals surface area contributed by atoms with Crippen LogP contribution in [0.25, 0.3) is 61.6 Å². The Morgan fingerprint density at radius 3 is 0.977 bits per heavy atom. The monoisotopic (exact) mass is 552 g/mol. The Hall–Kier alpha value is -5.60. The summed E-state index contributed by atoms with van der Waals surface area (Å²) in [6, 6.07) is 58.6. The first kappa shape index (κ1) is 26.3. The zero-order chi connectivity index (χ0) is 29.0. The van der Waals surface area contributed by atoms with Crippen LogP contribution in [0, 0.1) is 0 Å². The molecule has 0 aliphatic rings. The molecule has 204 valence electrons. The predicted octanol–water partition coefficient (Wildman–Crippen LogP) is 9.12. The van der Waals surface area contributed by atoms with Gasteiger partial charge in [0.15, 0.2) is 12.4 Å². The van der Waals surface area contributed by atoms with E-state index in [4.69, 9.17) is 0 Å². The van der Waals surface area contributed by atoms with E-state index in [1.807, 2.05) is 0 Å². The van der Waals surface area contributed by atoms with Gasteiger partial charge in [0, 0.05) is 16.7 Å². The van der Waals surface area contributed by atoms with Gasteiger partial charge in [0.2, 0.25) is 17.1 Å². The largest absolute Gasteiger partial charge is 0.227 e. The Labute approximate surface area is 253 Å². The highest BCUT2D eigenvalue weighted by atomic mass is 15.0. The van der Waals surface area contributed by atoms with Gasteiger partial charge in [0.25, 0.3) is 0 Å². The van der Waals surface area contributed by atoms with Crippen molar-refractivity contribution in [1.82, 2.24) is 0 Å². The van der Waals surface area contributed by atoms with Crippen molar-refractivity contribution in [3.05, 3.63) is 176 Å². The van der Waals surface area contributed by atoms with Crippen molar-refractivity contribution >= 4 is 0 Å². The molecule has 7 aromatic rings. The van der Waals surface area contributed by atoms with Crippen molar-refractivity contribution in [2.24, 2.45) is 7.05 Å². The highest BCUT2D eigenvalue weighted by Gasteiger charge is 2.35. The first-order valence-electron chi connectivity index (χ1n) is 14.7. The standard InChI is InChI=1S/C41H32N2/c1-42-29-27-36(28-30-42)43-40(34-23-13-5-14-24-34)38(32-19-9-3-10-20-32)37(31-17-7-2-8-18-31)39(33-21-11-4-12-22-33)41(43)35-25-15-6-16-26-35/h2-30H,1H3/q+2. The van der Waals surface area contributed by atoms with E-state index in [9.17, 15) is 0 Å². The minimum Gasteiger partial charge on any atom is -0.207 e. The number of rotatable bonds is 6. The van der Waals surface area contributed by atoms with E-state index in [0.717, 1.165) is 28.2 Å². The molecule has 7 rings (SSSR count). The maximum absolute atomic E-state index is 2.47. The first-order chi connectivity index (χ1) is 21.3. The molecule has 0 fully saturated rings. The van der Waals surface area contributed by atoms with E-state index in [1.165, 1.54) is 33.4 Å². The van der Waals surface area contributed by atoms with Gasteiger partial charge in [-0.3, -0.25) is 0 Å². The van der Waals surface area contributed by atoms with Crippen LogP contribution in [-0.2, 0) is 7.05 Å². The number of hydrogen-bond acceptors (Lipinski definition) is 0. The van der Waals surface area contributed by atoms with Gasteiger partial charge < -0.3 is 0 Å². The predicted molar refractivity (Wildman–Crippen MR) is 176 cm³/mol. The fraction of sp³-hybridized carbons (Fsp3) is 0.0244. The Kier molecular flexibility index (Phi) is 7.17. The number of benzene rings is 5. The number of hydrogen-bond donors (Lipinski definition) is 0. The Bertz CT molecular complexity index is 1860. The van der Waals surface area contributed by atoms with Gasteiger partial charge in [-0.25, -0.2) is 4.57 Å². The molecular formula is C41H32N2+2. The van der Waals surface area contributed by atoms with Gasteiger partial charge in [-0.2, -0.15) is 4.57 Å². The van der Waals surface area contributed by atoms with Gasteiger partial charge in [-0.05, 0) is 41.0 Å². The Balaban J connectivity index is 1.81. The zero-order valence-corrected chi connectivity index (χ0v) is 24.1. The molecule has 0 bridgehead atoms. The van der Waals surface area contributed by atoms with Crippen LogP contribution >= 0.6 is 0 Å². The average Bonchev–Trinajstić information content (AvgIpc) is 3.09. The second-order valence-corrected chi connectivity index (χ2v) is 10.7. The molecule has 0 N–H and O–H groups in total. The third-order valence-electron chi connectivity index (χ3n) is 7.92. The topological polar surface area (TPSA) is 7.76 Å². The van der Waals surface area contributed by atoms with Gasteiger partial charge in [0.05, 0.1) is 23.3 Å². The fourth-order valence-corrected chi connectivity index (χ4v) is 6.00. The van der Waals surface area contributed by atoms with Crippen LogP contribution in [0.1, 0.15) is 0 Å². The molecule has 5 aromatic carbocycles. The van der Waals surface area contributed by atoms with Crippen LogP contribution in [0.3, 0.4) is 0 Å². The molecule has 0 amide bonds. The molecule has 2 heterocycles. The summed E-state index contributed by atoms with van der Waals surface area (Å²) in [5.41, 5.74) is 12.9. The lowest BCUT2D eigenvalue weighted by Gasteiger charge is -2.23. The zero-order valence-electron chi connectivity index (χ0n) is 24.1. The number of nitrogens with zero attached hydrogens (tertiary/aromatic N) is 2. The summed E-state index contributed by atoms with van der Waals surface area (Å²) < 4.78 is 4.56. The molecule has 2 aromatic heterocycles. The molecule has 2 heteroatoms. The minimum absolute atomic E-state index is 1.10. The Morgan fingerprint density at radius 2 is 0.628 bits per heavy atom. The van der Waals surface area contributed by atoms with Crippen molar-refractivity contribution in [2.75, 3.05) is 0 Å². The average molecular weight is 553 g/mol. The van der Waals surface area contributed by atoms with E-state index in [-0.39, 0.29) is 0 Å². The molecule has 2 nitrogen and oxygen atoms in total. The van der Waals surface area contributed by atoms with E-state index in [2.05, 4.69) is 192 Å². The van der Waals surface area contributed by atoms with Crippen LogP contribution in [0.5, 0.6) is 0 Å². The molecular weight excluding hydrogens is 520 g/mol. The van der Waals surface area contributed by atoms with Crippen molar-refractivity contribution in [3.63, 3.8) is 0 Å². The van der Waals surface area contributed by atoms with Gasteiger partial charge in [-0.1, -0.05) is 127 Å². The highest BCUT2D eigenvalue weighted by Crippen LogP contribution is 2.48. The molecule has 43 heavy (non-hydrogen) atoms. The number of aromatic nitrogens is 2. The van der Waals surface area contributed by atoms with Crippen molar-refractivity contribution in [2.45, 2.75) is 0 Å². The molecule has 0 radical (unpaired) electrons. The molecule has 0 spiro atoms. The second kappa shape index (κ2) is 11.7. The molecule has 0 saturated heterocycles. The highest BCUT2D eigenvalue weighted by molar-refractivity contribution is 6.03. The van der Waals surface area contributed by atoms with Crippen molar-refractivity contribution < 1.29 is 9.13 Å². The quantitative estimate of drug-likeness (QED) is 0.182. The van der Waals surface area contributed by atoms with Gasteiger partial charge in [-0.15, -0.1) is 0 Å². The minimum atomic E-state index is 1.10. The van der Waals surface area contributed by atoms with E-state index < -0.39 is 0 Å². The molecule has 0 aliphatic heterocycles. The maximum Gasteiger partial charge on any atom is 0.227 e. The molecule has 0 saturated carbocycles. The van der Waals surface area contributed by atoms with Crippen LogP contribution in [0.15, 0.2) is 176 Å². The summed E-state index contributed by atoms with van der Waals surface area (Å²) in [7, 11) is 2.06. The fourth-order valence-electron chi connectivity index (χ4n) is 6.00. The van der Waals surface area contributed by atoms with Crippen molar-refractivity contribution in [1.29, 1.82) is 0 Å². The normalized spacial score (nSPS) is 10.9. The van der Waals surface area contributed by atoms with E-state index >= 15 is 0 Å². The van der Waals surface area contributed by atoms with Crippen molar-refractivity contribution in [3.8, 4) is 61.6 Å². The lowest BCUT2D eigenvalue weighted by Crippen LogP contribution is -2.39. The van der Waals surface area contributed by atoms with Crippen LogP contribution < -0.4 is 9.13 Å². The summed E-state index contributed by atoms with van der Waals surface area (Å²) in [5.74, 6) is 0. The van der Waals surface area contributed by atoms with Crippen LogP contribution in [0.4, 0.5) is 0 Å². The third kappa shape index (κ3) is 5.05. The number of pyridine rings is 2. The van der Waals surface area contributed by atoms with E-state index in [1.54, 1.807) is 0 Å². The summed E-state index contributed by atoms with van der Waals surface area (Å²) in [5, 5.41) is 0. The summed E-state index contributed by atoms with van der Waals surface area (Å²) in [6.07, 6.45) is 4.25. The summed E-state index contributed by atoms with van der Waals surface area (Å²) in [4.78, 5) is 0. The summed E-state index contributed by atoms with van der Waals surface area (Å²) >= 11 is 0. The van der Waals surface area contributed by atoms with E-state index in [0.29, 0.717) is 0 Å². The third-order valence-corrected chi connectivity index (χ3v) is 7.92. The number of aryl methyl sites for hydroxylation is 1. The lowest BCUT2D eigenvalue weighted by molar-refractivity contribution is -0.673. The van der Waals surface area contributed by atoms with Gasteiger partial charge in [0.1, 0.15) is 7.05 Å². The summed E-state index contributed by atoms with van der Waals surface area (Å²) in [6.45, 7) is 0. The smallest absolute Gasteiger partial charge is 0.207 e. The van der Waals surface area contributed by atoms with Crippen LogP contribution in [-0.4, -0.2) is 0 Å². The van der Waals surface area contributed by atoms with Gasteiger partial charge >= 0.3 is 0 Å². The molecule has 0 unspecified atom stereocenters. The maximum atomic E-state index is 2.47. The Morgan fingerprint density at radius 1 is 0.326 bits per heavy atom.